The molecule has 0 aliphatic carbocycles. The molecular weight excluding hydrogens is 500 g/mol. The second-order valence-electron chi connectivity index (χ2n) is 6.61. The predicted octanol–water partition coefficient (Wildman–Crippen LogP) is -0.619. The zero-order chi connectivity index (χ0) is 26.9. The summed E-state index contributed by atoms with van der Waals surface area (Å²) >= 11 is 0.345. The van der Waals surface area contributed by atoms with Crippen LogP contribution >= 0.6 is 11.8 Å². The Bertz CT molecular complexity index is 1030. The second kappa shape index (κ2) is 12.7. The van der Waals surface area contributed by atoms with E-state index in [-0.39, 0.29) is 6.42 Å². The molecule has 2 atom stereocenters. The first-order chi connectivity index (χ1) is 16.2. The van der Waals surface area contributed by atoms with E-state index in [1.807, 2.05) is 5.32 Å². The molecule has 18 nitrogen and oxygen atoms in total. The molecule has 0 aliphatic heterocycles. The van der Waals surface area contributed by atoms with Crippen LogP contribution < -0.4 is 16.4 Å². The molecule has 0 radical (unpaired) electrons. The van der Waals surface area contributed by atoms with Crippen LogP contribution in [0.1, 0.15) is 12.8 Å². The highest BCUT2D eigenvalue weighted by Gasteiger charge is 2.32. The number of thioether (sulfide) groups is 1. The van der Waals surface area contributed by atoms with Gasteiger partial charge in [0.05, 0.1) is 26.9 Å². The number of hydrogen-bond acceptors (Lipinski definition) is 12. The van der Waals surface area contributed by atoms with Crippen LogP contribution in [0, 0.1) is 30.3 Å². The Morgan fingerprint density at radius 1 is 1.00 bits per heavy atom. The lowest BCUT2D eigenvalue weighted by molar-refractivity contribution is -0.407. The highest BCUT2D eigenvalue weighted by molar-refractivity contribution is 7.99. The topological polar surface area (TPSA) is 288 Å². The second-order valence-corrected chi connectivity index (χ2v) is 7.64. The summed E-state index contributed by atoms with van der Waals surface area (Å²) in [5.74, 6) is -5.37. The number of nitrogens with one attached hydrogen (secondary N) is 2. The van der Waals surface area contributed by atoms with Gasteiger partial charge >= 0.3 is 11.9 Å². The minimum atomic E-state index is -1.58. The van der Waals surface area contributed by atoms with Gasteiger partial charge in [0.25, 0.3) is 17.1 Å². The van der Waals surface area contributed by atoms with E-state index in [9.17, 15) is 49.5 Å². The van der Waals surface area contributed by atoms with Crippen LogP contribution in [0.15, 0.2) is 17.0 Å². The molecular formula is C16H18N6O12S. The van der Waals surface area contributed by atoms with Crippen molar-refractivity contribution in [3.8, 4) is 0 Å². The Kier molecular flexibility index (Phi) is 10.4. The zero-order valence-electron chi connectivity index (χ0n) is 17.4. The molecule has 0 saturated carbocycles. The fraction of sp³-hybridized carbons (Fsp3) is 0.375. The summed E-state index contributed by atoms with van der Waals surface area (Å²) in [5, 5.41) is 55.4. The first-order valence-corrected chi connectivity index (χ1v) is 10.2. The average molecular weight is 518 g/mol. The van der Waals surface area contributed by atoms with Crippen LogP contribution in [0.3, 0.4) is 0 Å². The molecule has 0 fully saturated rings. The number of carboxylic acids is 2. The minimum Gasteiger partial charge on any atom is -0.480 e. The highest BCUT2D eigenvalue weighted by Crippen LogP contribution is 2.40. The van der Waals surface area contributed by atoms with E-state index in [2.05, 4.69) is 5.32 Å². The van der Waals surface area contributed by atoms with E-state index in [0.29, 0.717) is 23.9 Å². The first-order valence-electron chi connectivity index (χ1n) is 9.25. The Morgan fingerprint density at radius 3 is 1.97 bits per heavy atom. The maximum atomic E-state index is 12.4. The van der Waals surface area contributed by atoms with Gasteiger partial charge in [-0.2, -0.15) is 0 Å². The van der Waals surface area contributed by atoms with Gasteiger partial charge in [-0.25, -0.2) is 0 Å². The summed E-state index contributed by atoms with van der Waals surface area (Å²) in [6.45, 7) is -0.864. The van der Waals surface area contributed by atoms with Crippen LogP contribution in [0.25, 0.3) is 0 Å². The molecule has 190 valence electrons. The third-order valence-corrected chi connectivity index (χ3v) is 5.31. The Balaban J connectivity index is 3.22. The number of nitro groups is 3. The van der Waals surface area contributed by atoms with Gasteiger partial charge in [-0.3, -0.25) is 49.5 Å². The molecule has 0 aromatic heterocycles. The standard InChI is InChI=1S/C16H18N6O12S/c17-8(16(27)28)1-2-12(23)19-9(15(26)18-5-13(24)25)6-35-14-10(21(31)32)3-7(20(29)30)4-11(14)22(33)34/h3-4,8-9H,1-2,5-6,17H2,(H,18,26)(H,19,23)(H,24,25)(H,27,28). The number of aliphatic carboxylic acids is 2. The van der Waals surface area contributed by atoms with E-state index in [0.717, 1.165) is 0 Å². The Morgan fingerprint density at radius 2 is 1.54 bits per heavy atom. The van der Waals surface area contributed by atoms with Crippen molar-refractivity contribution >= 4 is 52.6 Å². The largest absolute Gasteiger partial charge is 0.480 e. The number of carboxylic acid groups (broad SMARTS) is 2. The van der Waals surface area contributed by atoms with Crippen LogP contribution in [0.5, 0.6) is 0 Å². The maximum Gasteiger partial charge on any atom is 0.322 e. The summed E-state index contributed by atoms with van der Waals surface area (Å²) in [4.78, 5) is 75.8. The van der Waals surface area contributed by atoms with E-state index >= 15 is 0 Å². The minimum absolute atomic E-state index is 0.322. The van der Waals surface area contributed by atoms with Crippen molar-refractivity contribution in [1.82, 2.24) is 10.6 Å². The number of nitro benzene ring substituents is 3. The van der Waals surface area contributed by atoms with E-state index in [4.69, 9.17) is 15.9 Å². The van der Waals surface area contributed by atoms with Crippen molar-refractivity contribution in [3.05, 3.63) is 42.5 Å². The van der Waals surface area contributed by atoms with Crippen molar-refractivity contribution in [2.45, 2.75) is 29.8 Å². The van der Waals surface area contributed by atoms with Gasteiger partial charge in [-0.15, -0.1) is 11.8 Å². The third-order valence-electron chi connectivity index (χ3n) is 4.10. The molecule has 1 rings (SSSR count). The number of rotatable bonds is 14. The SMILES string of the molecule is NC(CCC(=O)NC(CSc1c([N+](=O)[O-])cc([N+](=O)[O-])cc1[N+](=O)[O-])C(=O)NCC(=O)O)C(=O)O. The van der Waals surface area contributed by atoms with E-state index < -0.39 is 91.3 Å². The maximum absolute atomic E-state index is 12.4. The van der Waals surface area contributed by atoms with Gasteiger partial charge in [0.15, 0.2) is 4.90 Å². The fourth-order valence-electron chi connectivity index (χ4n) is 2.42. The number of nitrogens with zero attached hydrogens (tertiary/aromatic N) is 3. The van der Waals surface area contributed by atoms with Gasteiger partial charge in [0.1, 0.15) is 18.6 Å². The predicted molar refractivity (Wildman–Crippen MR) is 115 cm³/mol. The number of carbonyl (C=O) groups excluding carboxylic acids is 2. The number of carbonyl (C=O) groups is 4. The van der Waals surface area contributed by atoms with Crippen molar-refractivity contribution in [1.29, 1.82) is 0 Å². The van der Waals surface area contributed by atoms with Crippen molar-refractivity contribution in [2.75, 3.05) is 12.3 Å². The first kappa shape index (κ1) is 28.6. The highest BCUT2D eigenvalue weighted by atomic mass is 32.2. The van der Waals surface area contributed by atoms with Crippen LogP contribution in [-0.4, -0.2) is 73.1 Å². The molecule has 19 heteroatoms. The van der Waals surface area contributed by atoms with Gasteiger partial charge in [0, 0.05) is 12.2 Å². The normalized spacial score (nSPS) is 12.1. The monoisotopic (exact) mass is 518 g/mol. The average Bonchev–Trinajstić information content (AvgIpc) is 2.77. The van der Waals surface area contributed by atoms with Gasteiger partial charge < -0.3 is 26.6 Å². The van der Waals surface area contributed by atoms with Gasteiger partial charge in [-0.05, 0) is 6.42 Å². The number of hydrogen-bond donors (Lipinski definition) is 5. The zero-order valence-corrected chi connectivity index (χ0v) is 18.3. The number of nitrogens with two attached hydrogens (primary N) is 1. The van der Waals surface area contributed by atoms with Gasteiger partial charge in [-0.1, -0.05) is 0 Å². The number of non-ortho nitro benzene ring substituents is 1. The smallest absolute Gasteiger partial charge is 0.322 e. The van der Waals surface area contributed by atoms with E-state index in [1.165, 1.54) is 0 Å². The Labute approximate surface area is 198 Å². The fourth-order valence-corrected chi connectivity index (χ4v) is 3.55. The van der Waals surface area contributed by atoms with Crippen LogP contribution in [-0.2, 0) is 19.2 Å². The molecule has 0 saturated heterocycles. The lowest BCUT2D eigenvalue weighted by atomic mass is 10.1. The molecule has 0 bridgehead atoms. The van der Waals surface area contributed by atoms with E-state index in [1.54, 1.807) is 0 Å². The third kappa shape index (κ3) is 8.81. The molecule has 2 amide bonds. The quantitative estimate of drug-likeness (QED) is 0.116. The molecule has 2 unspecified atom stereocenters. The summed E-state index contributed by atoms with van der Waals surface area (Å²) < 4.78 is 0. The molecule has 35 heavy (non-hydrogen) atoms. The van der Waals surface area contributed by atoms with Crippen LogP contribution in [0.2, 0.25) is 0 Å². The molecule has 6 N–H and O–H groups in total. The Hall–Kier alpha value is -4.39. The number of benzene rings is 1. The lowest BCUT2D eigenvalue weighted by Gasteiger charge is -2.18. The van der Waals surface area contributed by atoms with Crippen molar-refractivity contribution in [3.63, 3.8) is 0 Å². The summed E-state index contributed by atoms with van der Waals surface area (Å²) in [6.07, 6.45) is -0.782. The number of amides is 2. The van der Waals surface area contributed by atoms with Crippen molar-refractivity contribution < 1.29 is 44.2 Å². The molecule has 0 aliphatic rings. The summed E-state index contributed by atoms with van der Waals surface area (Å²) in [5.41, 5.74) is 2.36. The molecule has 1 aromatic carbocycles. The molecule has 0 heterocycles. The van der Waals surface area contributed by atoms with Gasteiger partial charge in [0.2, 0.25) is 11.8 Å². The summed E-state index contributed by atoms with van der Waals surface area (Å²) in [6, 6.07) is -2.00. The summed E-state index contributed by atoms with van der Waals surface area (Å²) in [7, 11) is 0. The van der Waals surface area contributed by atoms with Crippen molar-refractivity contribution in [2.24, 2.45) is 5.73 Å². The molecule has 1 aromatic rings. The van der Waals surface area contributed by atoms with Crippen LogP contribution in [0.4, 0.5) is 17.1 Å². The molecule has 0 spiro atoms. The lowest BCUT2D eigenvalue weighted by Crippen LogP contribution is -2.49.